The molecule has 0 radical (unpaired) electrons. The molecule has 1 heterocycles. The van der Waals surface area contributed by atoms with Crippen LogP contribution < -0.4 is 10.6 Å². The molecule has 0 aromatic heterocycles. The second kappa shape index (κ2) is 3.01. The van der Waals surface area contributed by atoms with Crippen LogP contribution in [0.25, 0.3) is 0 Å². The van der Waals surface area contributed by atoms with Crippen LogP contribution in [-0.4, -0.2) is 18.6 Å². The fraction of sp³-hybridized carbons (Fsp3) is 0.500. The van der Waals surface area contributed by atoms with Gasteiger partial charge in [-0.2, -0.15) is 0 Å². The summed E-state index contributed by atoms with van der Waals surface area (Å²) in [5, 5.41) is 6.68. The largest absolute Gasteiger partial charge is 0.296 e. The summed E-state index contributed by atoms with van der Waals surface area (Å²) in [6, 6.07) is 0.572. The SMILES string of the molecule is CNC1NC2CC=CC=C2S1. The minimum atomic E-state index is 0.408. The molecule has 0 saturated carbocycles. The molecule has 1 saturated heterocycles. The highest BCUT2D eigenvalue weighted by atomic mass is 32.2. The van der Waals surface area contributed by atoms with Gasteiger partial charge in [-0.1, -0.05) is 30.0 Å². The van der Waals surface area contributed by atoms with Crippen LogP contribution in [0, 0.1) is 0 Å². The van der Waals surface area contributed by atoms with E-state index < -0.39 is 0 Å². The van der Waals surface area contributed by atoms with Crippen molar-refractivity contribution in [1.29, 1.82) is 0 Å². The molecule has 2 N–H and O–H groups in total. The molecule has 2 atom stereocenters. The zero-order valence-corrected chi connectivity index (χ0v) is 7.32. The highest BCUT2D eigenvalue weighted by molar-refractivity contribution is 8.03. The van der Waals surface area contributed by atoms with E-state index in [2.05, 4.69) is 28.9 Å². The number of thioether (sulfide) groups is 1. The Hall–Kier alpha value is -0.250. The van der Waals surface area contributed by atoms with Crippen LogP contribution in [0.3, 0.4) is 0 Å². The molecule has 0 amide bonds. The van der Waals surface area contributed by atoms with E-state index in [1.807, 2.05) is 18.8 Å². The first kappa shape index (κ1) is 7.40. The quantitative estimate of drug-likeness (QED) is 0.611. The molecule has 1 fully saturated rings. The van der Waals surface area contributed by atoms with Crippen LogP contribution in [0.4, 0.5) is 0 Å². The smallest absolute Gasteiger partial charge is 0.110 e. The van der Waals surface area contributed by atoms with Gasteiger partial charge in [0.2, 0.25) is 0 Å². The second-order valence-electron chi connectivity index (χ2n) is 2.74. The van der Waals surface area contributed by atoms with Gasteiger partial charge in [-0.25, -0.2) is 0 Å². The molecule has 1 aliphatic heterocycles. The van der Waals surface area contributed by atoms with Crippen molar-refractivity contribution >= 4 is 11.8 Å². The number of allylic oxidation sites excluding steroid dienone is 2. The minimum Gasteiger partial charge on any atom is -0.296 e. The Morgan fingerprint density at radius 3 is 3.36 bits per heavy atom. The van der Waals surface area contributed by atoms with Crippen molar-refractivity contribution in [2.75, 3.05) is 7.05 Å². The van der Waals surface area contributed by atoms with Crippen LogP contribution in [0.1, 0.15) is 6.42 Å². The Bertz CT molecular complexity index is 210. The van der Waals surface area contributed by atoms with Gasteiger partial charge in [0.15, 0.2) is 0 Å². The molecule has 2 aliphatic rings. The molecule has 1 aliphatic carbocycles. The summed E-state index contributed by atoms with van der Waals surface area (Å²) in [5.74, 6) is 0. The highest BCUT2D eigenvalue weighted by Crippen LogP contribution is 2.33. The van der Waals surface area contributed by atoms with Crippen molar-refractivity contribution in [3.05, 3.63) is 23.1 Å². The molecule has 11 heavy (non-hydrogen) atoms. The third-order valence-electron chi connectivity index (χ3n) is 1.98. The standard InChI is InChI=1S/C8H12N2S/c1-9-8-10-6-4-2-3-5-7(6)11-8/h2-3,5-6,8-10H,4H2,1H3. The van der Waals surface area contributed by atoms with Crippen LogP contribution in [-0.2, 0) is 0 Å². The summed E-state index contributed by atoms with van der Waals surface area (Å²) in [5.41, 5.74) is 0.408. The molecule has 0 aromatic rings. The van der Waals surface area contributed by atoms with Crippen LogP contribution in [0.5, 0.6) is 0 Å². The van der Waals surface area contributed by atoms with Gasteiger partial charge in [-0.3, -0.25) is 10.6 Å². The van der Waals surface area contributed by atoms with E-state index in [1.54, 1.807) is 0 Å². The lowest BCUT2D eigenvalue weighted by atomic mass is 10.1. The molecular weight excluding hydrogens is 156 g/mol. The van der Waals surface area contributed by atoms with E-state index in [1.165, 1.54) is 4.91 Å². The van der Waals surface area contributed by atoms with Gasteiger partial charge in [-0.15, -0.1) is 0 Å². The van der Waals surface area contributed by atoms with E-state index in [9.17, 15) is 0 Å². The van der Waals surface area contributed by atoms with Crippen molar-refractivity contribution in [3.63, 3.8) is 0 Å². The number of hydrogen-bond donors (Lipinski definition) is 2. The van der Waals surface area contributed by atoms with Gasteiger partial charge in [0, 0.05) is 10.9 Å². The molecule has 0 aromatic carbocycles. The van der Waals surface area contributed by atoms with Gasteiger partial charge in [0.1, 0.15) is 5.50 Å². The predicted octanol–water partition coefficient (Wildman–Crippen LogP) is 1.04. The highest BCUT2D eigenvalue weighted by Gasteiger charge is 2.27. The number of hydrogen-bond acceptors (Lipinski definition) is 3. The van der Waals surface area contributed by atoms with Gasteiger partial charge >= 0.3 is 0 Å². The summed E-state index contributed by atoms with van der Waals surface area (Å²) >= 11 is 1.88. The van der Waals surface area contributed by atoms with Crippen molar-refractivity contribution in [1.82, 2.24) is 10.6 Å². The Morgan fingerprint density at radius 2 is 2.64 bits per heavy atom. The van der Waals surface area contributed by atoms with Crippen molar-refractivity contribution < 1.29 is 0 Å². The van der Waals surface area contributed by atoms with Crippen LogP contribution in [0.15, 0.2) is 23.1 Å². The molecule has 3 heteroatoms. The van der Waals surface area contributed by atoms with Gasteiger partial charge in [0.05, 0.1) is 0 Å². The van der Waals surface area contributed by atoms with Crippen LogP contribution >= 0.6 is 11.8 Å². The maximum atomic E-state index is 3.47. The summed E-state index contributed by atoms with van der Waals surface area (Å²) in [6.07, 6.45) is 7.68. The average Bonchev–Trinajstić information content (AvgIpc) is 2.46. The molecule has 2 rings (SSSR count). The van der Waals surface area contributed by atoms with Crippen molar-refractivity contribution in [2.24, 2.45) is 0 Å². The fourth-order valence-electron chi connectivity index (χ4n) is 1.38. The first-order chi connectivity index (χ1) is 5.40. The zero-order valence-electron chi connectivity index (χ0n) is 6.50. The molecule has 0 spiro atoms. The minimum absolute atomic E-state index is 0.408. The van der Waals surface area contributed by atoms with Crippen molar-refractivity contribution in [3.8, 4) is 0 Å². The Kier molecular flexibility index (Phi) is 2.02. The normalized spacial score (nSPS) is 35.2. The zero-order chi connectivity index (χ0) is 7.68. The third-order valence-corrected chi connectivity index (χ3v) is 3.28. The lowest BCUT2D eigenvalue weighted by molar-refractivity contribution is 0.547. The molecular formula is C8H12N2S. The van der Waals surface area contributed by atoms with E-state index in [-0.39, 0.29) is 0 Å². The summed E-state index contributed by atoms with van der Waals surface area (Å²) in [7, 11) is 1.98. The van der Waals surface area contributed by atoms with Gasteiger partial charge < -0.3 is 0 Å². The molecule has 2 nitrogen and oxygen atoms in total. The van der Waals surface area contributed by atoms with Gasteiger partial charge in [0.25, 0.3) is 0 Å². The van der Waals surface area contributed by atoms with Crippen LogP contribution in [0.2, 0.25) is 0 Å². The number of fused-ring (bicyclic) bond motifs is 1. The summed E-state index contributed by atoms with van der Waals surface area (Å²) < 4.78 is 0. The third kappa shape index (κ3) is 1.36. The Labute approximate surface area is 71.1 Å². The maximum absolute atomic E-state index is 3.47. The Morgan fingerprint density at radius 1 is 1.73 bits per heavy atom. The van der Waals surface area contributed by atoms with E-state index in [4.69, 9.17) is 0 Å². The second-order valence-corrected chi connectivity index (χ2v) is 3.92. The Balaban J connectivity index is 2.09. The lowest BCUT2D eigenvalue weighted by Crippen LogP contribution is -2.37. The predicted molar refractivity (Wildman–Crippen MR) is 49.2 cm³/mol. The number of rotatable bonds is 1. The van der Waals surface area contributed by atoms with Gasteiger partial charge in [-0.05, 0) is 13.5 Å². The number of nitrogens with one attached hydrogen (secondary N) is 2. The lowest BCUT2D eigenvalue weighted by Gasteiger charge is -2.11. The van der Waals surface area contributed by atoms with E-state index in [0.29, 0.717) is 11.5 Å². The van der Waals surface area contributed by atoms with E-state index in [0.717, 1.165) is 6.42 Å². The topological polar surface area (TPSA) is 24.1 Å². The van der Waals surface area contributed by atoms with E-state index >= 15 is 0 Å². The first-order valence-corrected chi connectivity index (χ1v) is 4.75. The fourth-order valence-corrected chi connectivity index (χ4v) is 2.48. The molecule has 2 unspecified atom stereocenters. The average molecular weight is 168 g/mol. The summed E-state index contributed by atoms with van der Waals surface area (Å²) in [4.78, 5) is 1.46. The maximum Gasteiger partial charge on any atom is 0.110 e. The molecule has 60 valence electrons. The van der Waals surface area contributed by atoms with Crippen molar-refractivity contribution in [2.45, 2.75) is 18.0 Å². The monoisotopic (exact) mass is 168 g/mol. The molecule has 0 bridgehead atoms. The first-order valence-electron chi connectivity index (χ1n) is 3.87. The summed E-state index contributed by atoms with van der Waals surface area (Å²) in [6.45, 7) is 0.